The number of nitrogens with one attached hydrogen (secondary N) is 1. The largest absolute Gasteiger partial charge is 0.351 e. The van der Waals surface area contributed by atoms with Crippen LogP contribution in [0.25, 0.3) is 0 Å². The van der Waals surface area contributed by atoms with Crippen LogP contribution in [0.4, 0.5) is 5.69 Å². The zero-order valence-electron chi connectivity index (χ0n) is 15.8. The number of likely N-dealkylation sites (tertiary alicyclic amines) is 1. The van der Waals surface area contributed by atoms with E-state index in [1.54, 1.807) is 0 Å². The highest BCUT2D eigenvalue weighted by Gasteiger charge is 2.33. The third-order valence-electron chi connectivity index (χ3n) is 5.57. The average Bonchev–Trinajstić information content (AvgIpc) is 3.02. The molecule has 0 radical (unpaired) electrons. The Labute approximate surface area is 155 Å². The Hall–Kier alpha value is -1.92. The Bertz CT molecular complexity index is 656. The van der Waals surface area contributed by atoms with Gasteiger partial charge in [-0.3, -0.25) is 14.5 Å². The predicted molar refractivity (Wildman–Crippen MR) is 103 cm³/mol. The molecule has 1 unspecified atom stereocenters. The highest BCUT2D eigenvalue weighted by atomic mass is 16.2. The van der Waals surface area contributed by atoms with E-state index in [0.29, 0.717) is 19.5 Å². The van der Waals surface area contributed by atoms with Gasteiger partial charge in [0.05, 0.1) is 6.54 Å². The standard InChI is InChI=1S/C20H30N4O2/c1-20(2)14-23(11-9-17(20)21)13-18(25)22-12-15-5-7-16(8-6-15)24-10-3-4-19(24)26/h5-8,17H,3-4,9-14,21H2,1-2H3,(H,22,25). The first kappa shape index (κ1) is 18.9. The topological polar surface area (TPSA) is 78.7 Å². The Morgan fingerprint density at radius 1 is 1.27 bits per heavy atom. The summed E-state index contributed by atoms with van der Waals surface area (Å²) in [4.78, 5) is 28.1. The molecule has 3 rings (SSSR count). The van der Waals surface area contributed by atoms with Crippen LogP contribution in [0.3, 0.4) is 0 Å². The summed E-state index contributed by atoms with van der Waals surface area (Å²) in [5, 5.41) is 2.99. The van der Waals surface area contributed by atoms with Crippen molar-refractivity contribution in [1.29, 1.82) is 0 Å². The lowest BCUT2D eigenvalue weighted by Crippen LogP contribution is -2.54. The van der Waals surface area contributed by atoms with Crippen LogP contribution in [-0.4, -0.2) is 48.9 Å². The lowest BCUT2D eigenvalue weighted by atomic mass is 9.80. The number of nitrogens with zero attached hydrogens (tertiary/aromatic N) is 2. The van der Waals surface area contributed by atoms with Gasteiger partial charge < -0.3 is 16.0 Å². The van der Waals surface area contributed by atoms with Crippen molar-refractivity contribution in [3.05, 3.63) is 29.8 Å². The predicted octanol–water partition coefficient (Wildman–Crippen LogP) is 1.49. The van der Waals surface area contributed by atoms with E-state index in [1.807, 2.05) is 29.2 Å². The molecule has 0 aliphatic carbocycles. The normalized spacial score (nSPS) is 23.3. The molecule has 142 valence electrons. The minimum atomic E-state index is 0.0371. The van der Waals surface area contributed by atoms with Crippen molar-refractivity contribution < 1.29 is 9.59 Å². The molecule has 0 bridgehead atoms. The molecule has 2 amide bonds. The molecule has 1 aromatic carbocycles. The fourth-order valence-corrected chi connectivity index (χ4v) is 3.79. The summed E-state index contributed by atoms with van der Waals surface area (Å²) >= 11 is 0. The van der Waals surface area contributed by atoms with Crippen LogP contribution in [-0.2, 0) is 16.1 Å². The van der Waals surface area contributed by atoms with E-state index in [9.17, 15) is 9.59 Å². The Balaban J connectivity index is 1.46. The number of anilines is 1. The van der Waals surface area contributed by atoms with Gasteiger partial charge in [-0.15, -0.1) is 0 Å². The van der Waals surface area contributed by atoms with Gasteiger partial charge in [0.25, 0.3) is 0 Å². The number of benzene rings is 1. The lowest BCUT2D eigenvalue weighted by Gasteiger charge is -2.42. The fraction of sp³-hybridized carbons (Fsp3) is 0.600. The second kappa shape index (κ2) is 7.76. The summed E-state index contributed by atoms with van der Waals surface area (Å²) in [7, 11) is 0. The van der Waals surface area contributed by atoms with Gasteiger partial charge in [-0.05, 0) is 36.0 Å². The highest BCUT2D eigenvalue weighted by Crippen LogP contribution is 2.27. The molecular weight excluding hydrogens is 328 g/mol. The van der Waals surface area contributed by atoms with Crippen LogP contribution in [0.15, 0.2) is 24.3 Å². The monoisotopic (exact) mass is 358 g/mol. The van der Waals surface area contributed by atoms with Crippen LogP contribution in [0.2, 0.25) is 0 Å². The second-order valence-corrected chi connectivity index (χ2v) is 8.19. The molecule has 0 aromatic heterocycles. The summed E-state index contributed by atoms with van der Waals surface area (Å²) in [5.74, 6) is 0.227. The second-order valence-electron chi connectivity index (χ2n) is 8.19. The Morgan fingerprint density at radius 2 is 2.00 bits per heavy atom. The number of hydrogen-bond acceptors (Lipinski definition) is 4. The molecule has 1 atom stereocenters. The molecule has 2 fully saturated rings. The molecule has 26 heavy (non-hydrogen) atoms. The van der Waals surface area contributed by atoms with Crippen molar-refractivity contribution in [3.63, 3.8) is 0 Å². The first-order valence-corrected chi connectivity index (χ1v) is 9.49. The number of hydrogen-bond donors (Lipinski definition) is 2. The van der Waals surface area contributed by atoms with Crippen LogP contribution in [0.1, 0.15) is 38.7 Å². The van der Waals surface area contributed by atoms with E-state index in [2.05, 4.69) is 24.1 Å². The van der Waals surface area contributed by atoms with E-state index in [4.69, 9.17) is 5.73 Å². The maximum atomic E-state index is 12.3. The van der Waals surface area contributed by atoms with Gasteiger partial charge >= 0.3 is 0 Å². The summed E-state index contributed by atoms with van der Waals surface area (Å²) in [6.45, 7) is 7.75. The van der Waals surface area contributed by atoms with Crippen molar-refractivity contribution >= 4 is 17.5 Å². The maximum Gasteiger partial charge on any atom is 0.234 e. The van der Waals surface area contributed by atoms with Crippen LogP contribution in [0, 0.1) is 5.41 Å². The molecule has 0 spiro atoms. The quantitative estimate of drug-likeness (QED) is 0.836. The number of carbonyl (C=O) groups is 2. The summed E-state index contributed by atoms with van der Waals surface area (Å²) < 4.78 is 0. The zero-order valence-corrected chi connectivity index (χ0v) is 15.8. The molecular formula is C20H30N4O2. The van der Waals surface area contributed by atoms with Crippen molar-refractivity contribution in [2.75, 3.05) is 31.1 Å². The lowest BCUT2D eigenvalue weighted by molar-refractivity contribution is -0.123. The van der Waals surface area contributed by atoms with Gasteiger partial charge in [0.2, 0.25) is 11.8 Å². The van der Waals surface area contributed by atoms with Gasteiger partial charge in [0.1, 0.15) is 0 Å². The summed E-state index contributed by atoms with van der Waals surface area (Å²) in [5.41, 5.74) is 8.17. The van der Waals surface area contributed by atoms with Gasteiger partial charge in [-0.2, -0.15) is 0 Å². The SMILES string of the molecule is CC1(C)CN(CC(=O)NCc2ccc(N3CCCC3=O)cc2)CCC1N. The van der Waals surface area contributed by atoms with Crippen LogP contribution < -0.4 is 16.0 Å². The molecule has 3 N–H and O–H groups in total. The molecule has 6 heteroatoms. The minimum absolute atomic E-state index is 0.0371. The van der Waals surface area contributed by atoms with Gasteiger partial charge in [-0.25, -0.2) is 0 Å². The Morgan fingerprint density at radius 3 is 2.62 bits per heavy atom. The maximum absolute atomic E-state index is 12.3. The van der Waals surface area contributed by atoms with Gasteiger partial charge in [-0.1, -0.05) is 26.0 Å². The van der Waals surface area contributed by atoms with E-state index in [1.165, 1.54) is 0 Å². The van der Waals surface area contributed by atoms with E-state index in [0.717, 1.165) is 43.7 Å². The number of piperidine rings is 1. The minimum Gasteiger partial charge on any atom is -0.351 e. The van der Waals surface area contributed by atoms with Crippen molar-refractivity contribution in [2.24, 2.45) is 11.1 Å². The first-order chi connectivity index (χ1) is 12.3. The third-order valence-corrected chi connectivity index (χ3v) is 5.57. The van der Waals surface area contributed by atoms with Crippen LogP contribution in [0.5, 0.6) is 0 Å². The number of amides is 2. The summed E-state index contributed by atoms with van der Waals surface area (Å²) in [6, 6.07) is 8.07. The zero-order chi connectivity index (χ0) is 18.7. The number of nitrogens with two attached hydrogens (primary N) is 1. The van der Waals surface area contributed by atoms with E-state index >= 15 is 0 Å². The van der Waals surface area contributed by atoms with Crippen molar-refractivity contribution in [3.8, 4) is 0 Å². The van der Waals surface area contributed by atoms with E-state index < -0.39 is 0 Å². The molecule has 1 aromatic rings. The van der Waals surface area contributed by atoms with Gasteiger partial charge in [0, 0.05) is 44.3 Å². The van der Waals surface area contributed by atoms with E-state index in [-0.39, 0.29) is 23.3 Å². The molecule has 2 saturated heterocycles. The van der Waals surface area contributed by atoms with Crippen molar-refractivity contribution in [2.45, 2.75) is 45.7 Å². The third kappa shape index (κ3) is 4.43. The van der Waals surface area contributed by atoms with Gasteiger partial charge in [0.15, 0.2) is 0 Å². The molecule has 2 aliphatic rings. The smallest absolute Gasteiger partial charge is 0.234 e. The summed E-state index contributed by atoms with van der Waals surface area (Å²) in [6.07, 6.45) is 2.49. The highest BCUT2D eigenvalue weighted by molar-refractivity contribution is 5.95. The molecule has 2 heterocycles. The molecule has 0 saturated carbocycles. The molecule has 2 aliphatic heterocycles. The first-order valence-electron chi connectivity index (χ1n) is 9.49. The fourth-order valence-electron chi connectivity index (χ4n) is 3.79. The molecule has 6 nitrogen and oxygen atoms in total. The number of rotatable bonds is 5. The Kier molecular flexibility index (Phi) is 5.63. The number of carbonyl (C=O) groups excluding carboxylic acids is 2. The average molecular weight is 358 g/mol. The van der Waals surface area contributed by atoms with Crippen molar-refractivity contribution in [1.82, 2.24) is 10.2 Å². The van der Waals surface area contributed by atoms with Crippen LogP contribution >= 0.6 is 0 Å².